The standard InChI is InChI=1S/C73H137N2O7P/c1-7-10-13-16-19-22-25-28-30-32-34-35-36-37-38-39-41-43-45-48-51-54-57-60-63-66-73(77)82-71(64-61-58-55-52-49-46-27-24-21-18-15-12-9-3)70(69-81-83(78,79)80-68-67-75(4,5)6)74-72(76)65-62-59-56-53-50-47-44-42-40-33-31-29-26-23-20-17-14-11-8-2/h19,22,28-31,34-35,61,64,70-71H,7-18,20-21,23-27,32-33,36-60,62-63,65-69H2,1-6H3,(H-,74,76,78,79)/b22-19-,30-28-,31-29+,35-34-,64-61-. The second kappa shape index (κ2) is 62.8. The van der Waals surface area contributed by atoms with Gasteiger partial charge < -0.3 is 28.5 Å². The minimum absolute atomic E-state index is 0.0227. The van der Waals surface area contributed by atoms with Crippen LogP contribution in [0.1, 0.15) is 342 Å². The second-order valence-electron chi connectivity index (χ2n) is 25.4. The zero-order valence-corrected chi connectivity index (χ0v) is 56.6. The number of carbonyl (C=O) groups excluding carboxylic acids is 2. The molecule has 0 fully saturated rings. The SMILES string of the molecule is CCCCC/C=C\C/C=C\C/C=C\CCCCCCCCCCCCCCC(=O)OC(/C=C\CCCCCCCCCCCCC)C(COP(=O)([O-])OCC[N+](C)(C)C)NC(=O)CCCCCCCCCCC/C=C/CCCCCCCC. The first-order valence-electron chi connectivity index (χ1n) is 35.6. The zero-order valence-electron chi connectivity index (χ0n) is 55.7. The van der Waals surface area contributed by atoms with Crippen molar-refractivity contribution in [1.29, 1.82) is 0 Å². The van der Waals surface area contributed by atoms with Crippen LogP contribution in [0.4, 0.5) is 0 Å². The van der Waals surface area contributed by atoms with E-state index >= 15 is 0 Å². The van der Waals surface area contributed by atoms with Crippen molar-refractivity contribution in [1.82, 2.24) is 5.32 Å². The Morgan fingerprint density at radius 3 is 1.13 bits per heavy atom. The van der Waals surface area contributed by atoms with Crippen LogP contribution in [0, 0.1) is 0 Å². The molecular formula is C73H137N2O7P. The Labute approximate surface area is 515 Å². The van der Waals surface area contributed by atoms with Crippen LogP contribution in [0.15, 0.2) is 60.8 Å². The molecule has 0 radical (unpaired) electrons. The number of nitrogens with one attached hydrogen (secondary N) is 1. The highest BCUT2D eigenvalue weighted by atomic mass is 31.2. The molecule has 0 rings (SSSR count). The van der Waals surface area contributed by atoms with Gasteiger partial charge in [-0.15, -0.1) is 0 Å². The summed E-state index contributed by atoms with van der Waals surface area (Å²) < 4.78 is 30.5. The molecule has 10 heteroatoms. The van der Waals surface area contributed by atoms with E-state index in [2.05, 4.69) is 74.7 Å². The normalized spacial score (nSPS) is 13.9. The Morgan fingerprint density at radius 2 is 0.735 bits per heavy atom. The summed E-state index contributed by atoms with van der Waals surface area (Å²) in [5, 5.41) is 3.05. The van der Waals surface area contributed by atoms with Crippen molar-refractivity contribution in [2.75, 3.05) is 40.9 Å². The lowest BCUT2D eigenvalue weighted by Crippen LogP contribution is -2.47. The molecule has 0 aromatic heterocycles. The number of unbranched alkanes of at least 4 members (excludes halogenated alkanes) is 41. The molecule has 1 amide bonds. The van der Waals surface area contributed by atoms with Gasteiger partial charge in [-0.05, 0) is 96.0 Å². The summed E-state index contributed by atoms with van der Waals surface area (Å²) in [7, 11) is 1.19. The van der Waals surface area contributed by atoms with Crippen LogP contribution in [0.3, 0.4) is 0 Å². The van der Waals surface area contributed by atoms with Gasteiger partial charge in [-0.2, -0.15) is 0 Å². The highest BCUT2D eigenvalue weighted by Gasteiger charge is 2.27. The predicted octanol–water partition coefficient (Wildman–Crippen LogP) is 21.9. The molecular weight excluding hydrogens is 1050 g/mol. The van der Waals surface area contributed by atoms with E-state index in [1.165, 1.54) is 238 Å². The van der Waals surface area contributed by atoms with Crippen LogP contribution in [0.25, 0.3) is 0 Å². The Balaban J connectivity index is 5.10. The van der Waals surface area contributed by atoms with Gasteiger partial charge in [0.05, 0.1) is 33.8 Å². The van der Waals surface area contributed by atoms with E-state index in [1.807, 2.05) is 33.3 Å². The average Bonchev–Trinajstić information content (AvgIpc) is 3.46. The minimum atomic E-state index is -4.71. The largest absolute Gasteiger partial charge is 0.756 e. The Morgan fingerprint density at radius 1 is 0.422 bits per heavy atom. The number of phosphoric ester groups is 1. The van der Waals surface area contributed by atoms with Crippen molar-refractivity contribution in [3.63, 3.8) is 0 Å². The molecule has 486 valence electrons. The molecule has 83 heavy (non-hydrogen) atoms. The Hall–Kier alpha value is -2.29. The van der Waals surface area contributed by atoms with Crippen LogP contribution >= 0.6 is 7.82 Å². The number of nitrogens with zero attached hydrogens (tertiary/aromatic N) is 1. The van der Waals surface area contributed by atoms with Crippen molar-refractivity contribution < 1.29 is 37.3 Å². The lowest BCUT2D eigenvalue weighted by atomic mass is 10.0. The van der Waals surface area contributed by atoms with Gasteiger partial charge in [-0.25, -0.2) is 0 Å². The highest BCUT2D eigenvalue weighted by Crippen LogP contribution is 2.38. The maximum Gasteiger partial charge on any atom is 0.306 e. The summed E-state index contributed by atoms with van der Waals surface area (Å²) in [6.07, 6.45) is 80.5. The molecule has 0 aromatic carbocycles. The number of hydrogen-bond donors (Lipinski definition) is 1. The number of ether oxygens (including phenoxy) is 1. The third-order valence-electron chi connectivity index (χ3n) is 15.9. The average molecular weight is 1190 g/mol. The molecule has 0 aliphatic heterocycles. The summed E-state index contributed by atoms with van der Waals surface area (Å²) >= 11 is 0. The van der Waals surface area contributed by atoms with Gasteiger partial charge in [0, 0.05) is 12.8 Å². The fourth-order valence-corrected chi connectivity index (χ4v) is 11.1. The van der Waals surface area contributed by atoms with Gasteiger partial charge in [-0.3, -0.25) is 14.2 Å². The van der Waals surface area contributed by atoms with Crippen molar-refractivity contribution in [3.05, 3.63) is 60.8 Å². The van der Waals surface area contributed by atoms with Gasteiger partial charge in [0.2, 0.25) is 5.91 Å². The first kappa shape index (κ1) is 80.7. The number of esters is 1. The molecule has 0 aliphatic rings. The maximum absolute atomic E-state index is 13.6. The van der Waals surface area contributed by atoms with Crippen LogP contribution in [-0.4, -0.2) is 69.4 Å². The molecule has 0 saturated heterocycles. The van der Waals surface area contributed by atoms with E-state index < -0.39 is 20.0 Å². The van der Waals surface area contributed by atoms with Gasteiger partial charge in [-0.1, -0.05) is 294 Å². The topological polar surface area (TPSA) is 114 Å². The summed E-state index contributed by atoms with van der Waals surface area (Å²) in [6, 6.07) is -0.891. The highest BCUT2D eigenvalue weighted by molar-refractivity contribution is 7.45. The molecule has 0 aliphatic carbocycles. The summed E-state index contributed by atoms with van der Waals surface area (Å²) in [6.45, 7) is 6.85. The molecule has 0 aromatic rings. The predicted molar refractivity (Wildman–Crippen MR) is 358 cm³/mol. The van der Waals surface area contributed by atoms with Crippen LogP contribution in [0.2, 0.25) is 0 Å². The first-order valence-corrected chi connectivity index (χ1v) is 37.1. The van der Waals surface area contributed by atoms with Crippen molar-refractivity contribution in [2.45, 2.75) is 354 Å². The lowest BCUT2D eigenvalue weighted by molar-refractivity contribution is -0.870. The zero-order chi connectivity index (χ0) is 60.7. The molecule has 1 N–H and O–H groups in total. The number of likely N-dealkylation sites (N-methyl/N-ethyl adjacent to an activating group) is 1. The Bertz CT molecular complexity index is 1600. The first-order chi connectivity index (χ1) is 40.4. The number of amides is 1. The van der Waals surface area contributed by atoms with Gasteiger partial charge in [0.1, 0.15) is 19.3 Å². The molecule has 3 unspecified atom stereocenters. The summed E-state index contributed by atoms with van der Waals surface area (Å²) in [5.41, 5.74) is 0. The van der Waals surface area contributed by atoms with Crippen LogP contribution in [-0.2, 0) is 27.9 Å². The molecule has 3 atom stereocenters. The van der Waals surface area contributed by atoms with E-state index in [4.69, 9.17) is 13.8 Å². The molecule has 0 bridgehead atoms. The summed E-state index contributed by atoms with van der Waals surface area (Å²) in [5.74, 6) is -0.533. The number of allylic oxidation sites excluding steroid dienone is 9. The van der Waals surface area contributed by atoms with E-state index in [-0.39, 0.29) is 31.5 Å². The number of carbonyl (C=O) groups is 2. The smallest absolute Gasteiger partial charge is 0.306 e. The fraction of sp³-hybridized carbons (Fsp3) is 0.836. The Kier molecular flexibility index (Phi) is 61.0. The van der Waals surface area contributed by atoms with E-state index in [0.717, 1.165) is 70.6 Å². The van der Waals surface area contributed by atoms with Crippen LogP contribution < -0.4 is 10.2 Å². The van der Waals surface area contributed by atoms with E-state index in [0.29, 0.717) is 17.4 Å². The second-order valence-corrected chi connectivity index (χ2v) is 26.8. The van der Waals surface area contributed by atoms with Gasteiger partial charge in [0.15, 0.2) is 0 Å². The number of quaternary nitrogens is 1. The van der Waals surface area contributed by atoms with E-state index in [1.54, 1.807) is 0 Å². The lowest BCUT2D eigenvalue weighted by Gasteiger charge is -2.30. The quantitative estimate of drug-likeness (QED) is 0.0212. The number of phosphoric acid groups is 1. The molecule has 9 nitrogen and oxygen atoms in total. The van der Waals surface area contributed by atoms with E-state index in [9.17, 15) is 19.0 Å². The third kappa shape index (κ3) is 64.0. The minimum Gasteiger partial charge on any atom is -0.756 e. The van der Waals surface area contributed by atoms with Crippen molar-refractivity contribution in [2.24, 2.45) is 0 Å². The summed E-state index contributed by atoms with van der Waals surface area (Å²) in [4.78, 5) is 40.2. The van der Waals surface area contributed by atoms with Crippen molar-refractivity contribution in [3.8, 4) is 0 Å². The molecule has 0 spiro atoms. The third-order valence-corrected chi connectivity index (χ3v) is 16.9. The van der Waals surface area contributed by atoms with Crippen molar-refractivity contribution >= 4 is 19.7 Å². The molecule has 0 heterocycles. The number of hydrogen-bond acceptors (Lipinski definition) is 7. The monoisotopic (exact) mass is 1190 g/mol. The molecule has 0 saturated carbocycles. The van der Waals surface area contributed by atoms with Gasteiger partial charge >= 0.3 is 5.97 Å². The maximum atomic E-state index is 13.6. The van der Waals surface area contributed by atoms with Crippen LogP contribution in [0.5, 0.6) is 0 Å². The fourth-order valence-electron chi connectivity index (χ4n) is 10.4. The van der Waals surface area contributed by atoms with Gasteiger partial charge in [0.25, 0.3) is 7.82 Å². The number of rotatable bonds is 65.